The highest BCUT2D eigenvalue weighted by molar-refractivity contribution is 5.61. The van der Waals surface area contributed by atoms with Crippen LogP contribution in [0.5, 0.6) is 0 Å². The Bertz CT molecular complexity index is 294. The third-order valence-corrected chi connectivity index (χ3v) is 1.96. The minimum Gasteiger partial charge on any atom is -0.430 e. The summed E-state index contributed by atoms with van der Waals surface area (Å²) >= 11 is 0. The minimum atomic E-state index is -0.555. The van der Waals surface area contributed by atoms with Crippen molar-refractivity contribution in [2.45, 2.75) is 12.5 Å². The number of carbonyl (C=O) groups excluding carboxylic acids is 1. The van der Waals surface area contributed by atoms with Crippen molar-refractivity contribution in [1.29, 1.82) is 0 Å². The van der Waals surface area contributed by atoms with E-state index in [1.165, 1.54) is 0 Å². The molecular weight excluding hydrogens is 168 g/mol. The predicted molar refractivity (Wildman–Crippen MR) is 46.4 cm³/mol. The molecule has 13 heavy (non-hydrogen) atoms. The summed E-state index contributed by atoms with van der Waals surface area (Å²) in [7, 11) is 0. The van der Waals surface area contributed by atoms with Gasteiger partial charge in [-0.3, -0.25) is 0 Å². The van der Waals surface area contributed by atoms with Crippen molar-refractivity contribution in [3.05, 3.63) is 35.9 Å². The van der Waals surface area contributed by atoms with Gasteiger partial charge in [-0.1, -0.05) is 30.3 Å². The summed E-state index contributed by atoms with van der Waals surface area (Å²) in [5, 5.41) is 0. The molecule has 0 saturated carbocycles. The van der Waals surface area contributed by atoms with Crippen LogP contribution >= 0.6 is 0 Å². The van der Waals surface area contributed by atoms with Crippen LogP contribution in [0.15, 0.2) is 30.3 Å². The Labute approximate surface area is 76.3 Å². The van der Waals surface area contributed by atoms with E-state index in [-0.39, 0.29) is 6.10 Å². The zero-order valence-corrected chi connectivity index (χ0v) is 7.10. The normalized spacial score (nSPS) is 20.9. The number of benzene rings is 1. The molecule has 1 fully saturated rings. The summed E-state index contributed by atoms with van der Waals surface area (Å²) in [4.78, 5) is 10.6. The lowest BCUT2D eigenvalue weighted by Crippen LogP contribution is -2.13. The molecule has 1 aliphatic heterocycles. The van der Waals surface area contributed by atoms with E-state index in [9.17, 15) is 4.79 Å². The Morgan fingerprint density at radius 3 is 2.69 bits per heavy atom. The highest BCUT2D eigenvalue weighted by Gasteiger charge is 2.24. The quantitative estimate of drug-likeness (QED) is 0.647. The van der Waals surface area contributed by atoms with Crippen molar-refractivity contribution in [2.75, 3.05) is 6.61 Å². The van der Waals surface area contributed by atoms with E-state index in [0.29, 0.717) is 6.61 Å². The molecule has 1 saturated heterocycles. The van der Waals surface area contributed by atoms with E-state index in [4.69, 9.17) is 4.74 Å². The van der Waals surface area contributed by atoms with Crippen LogP contribution in [-0.2, 0) is 15.9 Å². The number of carbonyl (C=O) groups is 1. The topological polar surface area (TPSA) is 35.5 Å². The molecule has 0 aromatic heterocycles. The lowest BCUT2D eigenvalue weighted by atomic mass is 10.1. The first kappa shape index (κ1) is 8.10. The van der Waals surface area contributed by atoms with E-state index < -0.39 is 6.16 Å². The molecule has 3 heteroatoms. The van der Waals surface area contributed by atoms with Crippen LogP contribution in [0.1, 0.15) is 5.56 Å². The summed E-state index contributed by atoms with van der Waals surface area (Å²) in [6.07, 6.45) is 0.0582. The average molecular weight is 178 g/mol. The van der Waals surface area contributed by atoms with Crippen molar-refractivity contribution in [3.8, 4) is 0 Å². The summed E-state index contributed by atoms with van der Waals surface area (Å²) < 4.78 is 9.58. The molecule has 0 amide bonds. The summed E-state index contributed by atoms with van der Waals surface area (Å²) in [5.41, 5.74) is 1.16. The lowest BCUT2D eigenvalue weighted by molar-refractivity contribution is 0.118. The van der Waals surface area contributed by atoms with E-state index in [2.05, 4.69) is 4.74 Å². The van der Waals surface area contributed by atoms with Crippen molar-refractivity contribution in [3.63, 3.8) is 0 Å². The van der Waals surface area contributed by atoms with Gasteiger partial charge in [0.05, 0.1) is 0 Å². The number of rotatable bonds is 2. The molecule has 0 radical (unpaired) electrons. The molecule has 2 rings (SSSR count). The van der Waals surface area contributed by atoms with Crippen LogP contribution in [0.4, 0.5) is 4.79 Å². The van der Waals surface area contributed by atoms with E-state index >= 15 is 0 Å². The fourth-order valence-corrected chi connectivity index (χ4v) is 1.34. The number of hydrogen-bond acceptors (Lipinski definition) is 3. The minimum absolute atomic E-state index is 0.116. The van der Waals surface area contributed by atoms with Crippen LogP contribution in [0.3, 0.4) is 0 Å². The molecule has 0 bridgehead atoms. The maximum atomic E-state index is 10.6. The Morgan fingerprint density at radius 2 is 2.08 bits per heavy atom. The molecule has 0 aliphatic carbocycles. The largest absolute Gasteiger partial charge is 0.508 e. The first-order valence-electron chi connectivity index (χ1n) is 4.22. The van der Waals surface area contributed by atoms with E-state index in [1.807, 2.05) is 30.3 Å². The van der Waals surface area contributed by atoms with Gasteiger partial charge >= 0.3 is 6.16 Å². The molecule has 1 heterocycles. The summed E-state index contributed by atoms with van der Waals surface area (Å²) in [5.74, 6) is 0. The first-order valence-corrected chi connectivity index (χ1v) is 4.22. The fourth-order valence-electron chi connectivity index (χ4n) is 1.34. The number of ether oxygens (including phenoxy) is 2. The maximum Gasteiger partial charge on any atom is 0.508 e. The van der Waals surface area contributed by atoms with Crippen LogP contribution in [0, 0.1) is 0 Å². The summed E-state index contributed by atoms with van der Waals surface area (Å²) in [6.45, 7) is 0.369. The van der Waals surface area contributed by atoms with Gasteiger partial charge in [0.2, 0.25) is 0 Å². The van der Waals surface area contributed by atoms with Gasteiger partial charge in [-0.15, -0.1) is 0 Å². The Hall–Kier alpha value is -1.51. The van der Waals surface area contributed by atoms with Crippen molar-refractivity contribution in [2.24, 2.45) is 0 Å². The second kappa shape index (κ2) is 3.47. The highest BCUT2D eigenvalue weighted by Crippen LogP contribution is 2.12. The van der Waals surface area contributed by atoms with Crippen LogP contribution in [0.25, 0.3) is 0 Å². The van der Waals surface area contributed by atoms with Gasteiger partial charge in [-0.25, -0.2) is 4.79 Å². The average Bonchev–Trinajstić information content (AvgIpc) is 2.53. The third-order valence-electron chi connectivity index (χ3n) is 1.96. The first-order chi connectivity index (χ1) is 6.34. The van der Waals surface area contributed by atoms with Crippen molar-refractivity contribution >= 4 is 6.16 Å². The Balaban J connectivity index is 1.96. The molecule has 0 N–H and O–H groups in total. The van der Waals surface area contributed by atoms with Crippen LogP contribution < -0.4 is 0 Å². The molecule has 1 aromatic rings. The molecule has 68 valence electrons. The Morgan fingerprint density at radius 1 is 1.31 bits per heavy atom. The predicted octanol–water partition coefficient (Wildman–Crippen LogP) is 1.76. The smallest absolute Gasteiger partial charge is 0.430 e. The molecule has 0 unspecified atom stereocenters. The highest BCUT2D eigenvalue weighted by atomic mass is 16.8. The van der Waals surface area contributed by atoms with Gasteiger partial charge in [0.1, 0.15) is 12.7 Å². The number of hydrogen-bond donors (Lipinski definition) is 0. The zero-order chi connectivity index (χ0) is 9.10. The SMILES string of the molecule is O=C1OC[C@@H](Cc2ccccc2)O1. The van der Waals surface area contributed by atoms with Crippen LogP contribution in [-0.4, -0.2) is 18.9 Å². The van der Waals surface area contributed by atoms with Gasteiger partial charge in [-0.2, -0.15) is 0 Å². The monoisotopic (exact) mass is 178 g/mol. The fraction of sp³-hybridized carbons (Fsp3) is 0.300. The van der Waals surface area contributed by atoms with E-state index in [0.717, 1.165) is 12.0 Å². The number of cyclic esters (lactones) is 2. The molecule has 1 atom stereocenters. The zero-order valence-electron chi connectivity index (χ0n) is 7.10. The lowest BCUT2D eigenvalue weighted by Gasteiger charge is -2.04. The molecule has 1 aromatic carbocycles. The van der Waals surface area contributed by atoms with Crippen LogP contribution in [0.2, 0.25) is 0 Å². The van der Waals surface area contributed by atoms with Crippen molar-refractivity contribution < 1.29 is 14.3 Å². The van der Waals surface area contributed by atoms with Gasteiger partial charge in [0, 0.05) is 6.42 Å². The van der Waals surface area contributed by atoms with Gasteiger partial charge < -0.3 is 9.47 Å². The maximum absolute atomic E-state index is 10.6. The second-order valence-corrected chi connectivity index (χ2v) is 2.99. The Kier molecular flexibility index (Phi) is 2.17. The molecule has 0 spiro atoms. The standard InChI is InChI=1S/C10H10O3/c11-10-12-7-9(13-10)6-8-4-2-1-3-5-8/h1-5,9H,6-7H2/t9-/m1/s1. The molecule has 3 nitrogen and oxygen atoms in total. The molecule has 1 aliphatic rings. The van der Waals surface area contributed by atoms with Crippen molar-refractivity contribution in [1.82, 2.24) is 0 Å². The van der Waals surface area contributed by atoms with Gasteiger partial charge in [0.25, 0.3) is 0 Å². The summed E-state index contributed by atoms with van der Waals surface area (Å²) in [6, 6.07) is 9.90. The second-order valence-electron chi connectivity index (χ2n) is 2.99. The van der Waals surface area contributed by atoms with E-state index in [1.54, 1.807) is 0 Å². The van der Waals surface area contributed by atoms with Gasteiger partial charge in [0.15, 0.2) is 0 Å². The third kappa shape index (κ3) is 1.99. The molecular formula is C10H10O3. The van der Waals surface area contributed by atoms with Gasteiger partial charge in [-0.05, 0) is 5.56 Å².